The molecule has 0 amide bonds. The highest BCUT2D eigenvalue weighted by molar-refractivity contribution is 8.67. The first-order valence-electron chi connectivity index (χ1n) is 3.92. The summed E-state index contributed by atoms with van der Waals surface area (Å²) in [6.07, 6.45) is 3.87. The van der Waals surface area contributed by atoms with Crippen LogP contribution in [0.4, 0.5) is 0 Å². The molecule has 1 fully saturated rings. The summed E-state index contributed by atoms with van der Waals surface area (Å²) in [7, 11) is 0. The predicted molar refractivity (Wildman–Crippen MR) is 57.0 cm³/mol. The zero-order chi connectivity index (χ0) is 9.03. The summed E-state index contributed by atoms with van der Waals surface area (Å²) in [5.74, 6) is 0. The third kappa shape index (κ3) is 3.73. The second kappa shape index (κ2) is 4.94. The van der Waals surface area contributed by atoms with Gasteiger partial charge >= 0.3 is 0 Å². The lowest BCUT2D eigenvalue weighted by Gasteiger charge is -2.25. The number of hydrogen-bond acceptors (Lipinski definition) is 4. The van der Waals surface area contributed by atoms with Crippen molar-refractivity contribution >= 4 is 28.9 Å². The molecule has 0 saturated carbocycles. The quantitative estimate of drug-likeness (QED) is 0.712. The fourth-order valence-electron chi connectivity index (χ4n) is 1.13. The van der Waals surface area contributed by atoms with Crippen LogP contribution in [0.15, 0.2) is 0 Å². The van der Waals surface area contributed by atoms with Crippen LogP contribution in [0.1, 0.15) is 12.8 Å². The van der Waals surface area contributed by atoms with Gasteiger partial charge in [0, 0.05) is 0 Å². The highest BCUT2D eigenvalue weighted by Gasteiger charge is 2.21. The van der Waals surface area contributed by atoms with Gasteiger partial charge in [-0.05, 0) is 44.0 Å². The summed E-state index contributed by atoms with van der Waals surface area (Å²) < 4.78 is 5.43. The number of piperidine rings is 1. The van der Waals surface area contributed by atoms with Crippen LogP contribution in [0.2, 0.25) is 0 Å². The van der Waals surface area contributed by atoms with E-state index in [1.165, 1.54) is 11.4 Å². The average molecular weight is 227 g/mol. The van der Waals surface area contributed by atoms with Gasteiger partial charge in [0.2, 0.25) is 5.69 Å². The Morgan fingerprint density at radius 1 is 1.58 bits per heavy atom. The molecule has 0 aromatic rings. The van der Waals surface area contributed by atoms with Crippen LogP contribution >= 0.6 is 17.1 Å². The van der Waals surface area contributed by atoms with Crippen LogP contribution in [0, 0.1) is 0 Å². The van der Waals surface area contributed by atoms with E-state index in [9.17, 15) is 4.89 Å². The molecule has 3 nitrogen and oxygen atoms in total. The highest BCUT2D eigenvalue weighted by Crippen LogP contribution is 2.55. The van der Waals surface area contributed by atoms with Crippen molar-refractivity contribution in [1.82, 2.24) is 5.32 Å². The zero-order valence-corrected chi connectivity index (χ0v) is 9.55. The van der Waals surface area contributed by atoms with Crippen molar-refractivity contribution in [3.05, 3.63) is 0 Å². The SMILES string of the molecule is CSP(O)(=S)OC1CCNCC1. The smallest absolute Gasteiger partial charge is 0.244 e. The van der Waals surface area contributed by atoms with E-state index in [0.717, 1.165) is 25.9 Å². The lowest BCUT2D eigenvalue weighted by Crippen LogP contribution is -2.31. The first-order chi connectivity index (χ1) is 5.64. The van der Waals surface area contributed by atoms with Gasteiger partial charge in [-0.15, -0.1) is 0 Å². The second-order valence-corrected chi connectivity index (χ2v) is 8.98. The van der Waals surface area contributed by atoms with Crippen molar-refractivity contribution in [1.29, 1.82) is 0 Å². The fraction of sp³-hybridized carbons (Fsp3) is 1.00. The van der Waals surface area contributed by atoms with Gasteiger partial charge in [0.25, 0.3) is 0 Å². The largest absolute Gasteiger partial charge is 0.337 e. The van der Waals surface area contributed by atoms with E-state index in [1.807, 2.05) is 0 Å². The Morgan fingerprint density at radius 2 is 2.17 bits per heavy atom. The van der Waals surface area contributed by atoms with E-state index < -0.39 is 5.69 Å². The van der Waals surface area contributed by atoms with Crippen LogP contribution in [-0.4, -0.2) is 30.3 Å². The number of rotatable bonds is 3. The van der Waals surface area contributed by atoms with Crippen molar-refractivity contribution in [3.63, 3.8) is 0 Å². The fourth-order valence-corrected chi connectivity index (χ4v) is 2.79. The van der Waals surface area contributed by atoms with E-state index in [-0.39, 0.29) is 6.10 Å². The molecule has 0 aliphatic carbocycles. The molecule has 1 unspecified atom stereocenters. The van der Waals surface area contributed by atoms with Gasteiger partial charge in [-0.25, -0.2) is 0 Å². The molecule has 72 valence electrons. The minimum Gasteiger partial charge on any atom is -0.337 e. The molecule has 0 radical (unpaired) electrons. The van der Waals surface area contributed by atoms with Crippen LogP contribution in [-0.2, 0) is 16.3 Å². The Kier molecular flexibility index (Phi) is 4.51. The molecule has 1 aliphatic rings. The normalized spacial score (nSPS) is 25.2. The molecule has 2 N–H and O–H groups in total. The summed E-state index contributed by atoms with van der Waals surface area (Å²) in [6.45, 7) is 1.93. The van der Waals surface area contributed by atoms with Crippen molar-refractivity contribution < 1.29 is 9.42 Å². The molecule has 12 heavy (non-hydrogen) atoms. The maximum absolute atomic E-state index is 9.52. The van der Waals surface area contributed by atoms with Crippen LogP contribution in [0.3, 0.4) is 0 Å². The Morgan fingerprint density at radius 3 is 2.67 bits per heavy atom. The van der Waals surface area contributed by atoms with E-state index in [0.29, 0.717) is 0 Å². The Balaban J connectivity index is 2.34. The summed E-state index contributed by atoms with van der Waals surface area (Å²) in [5, 5.41) is 3.23. The molecular weight excluding hydrogens is 213 g/mol. The zero-order valence-electron chi connectivity index (χ0n) is 7.02. The maximum Gasteiger partial charge on any atom is 0.244 e. The van der Waals surface area contributed by atoms with Gasteiger partial charge in [-0.2, -0.15) is 0 Å². The molecule has 1 aliphatic heterocycles. The predicted octanol–water partition coefficient (Wildman–Crippen LogP) is 1.33. The van der Waals surface area contributed by atoms with Crippen molar-refractivity contribution in [3.8, 4) is 0 Å². The van der Waals surface area contributed by atoms with E-state index >= 15 is 0 Å². The topological polar surface area (TPSA) is 41.5 Å². The maximum atomic E-state index is 9.52. The van der Waals surface area contributed by atoms with E-state index in [1.54, 1.807) is 6.26 Å². The number of hydrogen-bond donors (Lipinski definition) is 2. The van der Waals surface area contributed by atoms with Crippen LogP contribution < -0.4 is 5.32 Å². The van der Waals surface area contributed by atoms with E-state index in [4.69, 9.17) is 16.3 Å². The minimum absolute atomic E-state index is 0.162. The Bertz CT molecular complexity index is 184. The molecule has 1 rings (SSSR count). The van der Waals surface area contributed by atoms with Crippen molar-refractivity contribution in [2.45, 2.75) is 18.9 Å². The second-order valence-electron chi connectivity index (χ2n) is 2.71. The van der Waals surface area contributed by atoms with Crippen LogP contribution in [0.5, 0.6) is 0 Å². The van der Waals surface area contributed by atoms with Crippen LogP contribution in [0.25, 0.3) is 0 Å². The molecule has 6 heteroatoms. The lowest BCUT2D eigenvalue weighted by molar-refractivity contribution is 0.168. The summed E-state index contributed by atoms with van der Waals surface area (Å²) in [5.41, 5.74) is -2.52. The molecule has 0 spiro atoms. The van der Waals surface area contributed by atoms with Gasteiger partial charge < -0.3 is 14.7 Å². The van der Waals surface area contributed by atoms with Crippen molar-refractivity contribution in [2.75, 3.05) is 19.3 Å². The molecule has 1 atom stereocenters. The molecule has 1 heterocycles. The average Bonchev–Trinajstić information content (AvgIpc) is 2.06. The van der Waals surface area contributed by atoms with Gasteiger partial charge in [0.1, 0.15) is 0 Å². The highest BCUT2D eigenvalue weighted by atomic mass is 32.9. The molecule has 0 aromatic carbocycles. The van der Waals surface area contributed by atoms with Gasteiger partial charge in [-0.1, -0.05) is 11.4 Å². The Hall–Kier alpha value is 0.880. The third-order valence-electron chi connectivity index (χ3n) is 1.80. The lowest BCUT2D eigenvalue weighted by atomic mass is 10.1. The monoisotopic (exact) mass is 227 g/mol. The van der Waals surface area contributed by atoms with E-state index in [2.05, 4.69) is 5.32 Å². The Labute approximate surface area is 82.2 Å². The first kappa shape index (κ1) is 11.0. The van der Waals surface area contributed by atoms with Crippen molar-refractivity contribution in [2.24, 2.45) is 0 Å². The first-order valence-corrected chi connectivity index (χ1v) is 8.42. The summed E-state index contributed by atoms with van der Waals surface area (Å²) in [4.78, 5) is 9.52. The van der Waals surface area contributed by atoms with Gasteiger partial charge in [0.15, 0.2) is 0 Å². The van der Waals surface area contributed by atoms with Gasteiger partial charge in [-0.3, -0.25) is 0 Å². The summed E-state index contributed by atoms with van der Waals surface area (Å²) in [6, 6.07) is 0. The number of nitrogens with one attached hydrogen (secondary N) is 1. The molecular formula is C6H14NO2PS2. The molecule has 0 bridgehead atoms. The molecule has 1 saturated heterocycles. The standard InChI is InChI=1S/C6H14NO2PS2/c1-12-10(8,11)9-6-2-4-7-5-3-6/h6-7H,2-5H2,1H3,(H,8,11). The summed E-state index contributed by atoms with van der Waals surface area (Å²) >= 11 is 6.17. The molecule has 0 aromatic heterocycles. The van der Waals surface area contributed by atoms with Gasteiger partial charge in [0.05, 0.1) is 6.10 Å². The minimum atomic E-state index is -2.52. The third-order valence-corrected chi connectivity index (χ3v) is 6.07.